The summed E-state index contributed by atoms with van der Waals surface area (Å²) in [6.07, 6.45) is 5.32. The Bertz CT molecular complexity index is 807. The van der Waals surface area contributed by atoms with Crippen molar-refractivity contribution in [3.8, 4) is 5.75 Å². The topological polar surface area (TPSA) is 77.1 Å². The third-order valence-electron chi connectivity index (χ3n) is 7.21. The summed E-state index contributed by atoms with van der Waals surface area (Å²) in [5, 5.41) is 3.13. The molecule has 4 aliphatic heterocycles. The van der Waals surface area contributed by atoms with E-state index in [0.717, 1.165) is 31.4 Å². The van der Waals surface area contributed by atoms with Gasteiger partial charge in [0.2, 0.25) is 11.8 Å². The minimum atomic E-state index is -0.549. The van der Waals surface area contributed by atoms with E-state index in [1.807, 2.05) is 17.0 Å². The predicted molar refractivity (Wildman–Crippen MR) is 109 cm³/mol. The molecule has 2 atom stereocenters. The van der Waals surface area contributed by atoms with Gasteiger partial charge in [-0.2, -0.15) is 0 Å². The Morgan fingerprint density at radius 3 is 2.77 bits per heavy atom. The average Bonchev–Trinajstić information content (AvgIpc) is 3.09. The van der Waals surface area contributed by atoms with Crippen molar-refractivity contribution < 1.29 is 23.8 Å². The van der Waals surface area contributed by atoms with Gasteiger partial charge in [-0.3, -0.25) is 9.59 Å². The van der Waals surface area contributed by atoms with Gasteiger partial charge in [-0.25, -0.2) is 0 Å². The summed E-state index contributed by atoms with van der Waals surface area (Å²) in [7, 11) is 0. The number of fused-ring (bicyclic) bond motifs is 6. The highest BCUT2D eigenvalue weighted by Gasteiger charge is 2.52. The molecule has 1 spiro atoms. The fourth-order valence-electron chi connectivity index (χ4n) is 5.59. The highest BCUT2D eigenvalue weighted by molar-refractivity contribution is 5.80. The van der Waals surface area contributed by atoms with Gasteiger partial charge in [0.25, 0.3) is 0 Å². The molecule has 1 saturated carbocycles. The number of carbonyl (C=O) groups is 2. The molecule has 1 aliphatic carbocycles. The quantitative estimate of drug-likeness (QED) is 0.703. The van der Waals surface area contributed by atoms with Crippen LogP contribution in [-0.4, -0.2) is 67.4 Å². The monoisotopic (exact) mass is 414 g/mol. The van der Waals surface area contributed by atoms with Gasteiger partial charge in [0.15, 0.2) is 0 Å². The van der Waals surface area contributed by atoms with Gasteiger partial charge in [-0.05, 0) is 49.7 Å². The van der Waals surface area contributed by atoms with Crippen molar-refractivity contribution in [1.29, 1.82) is 0 Å². The number of nitrogens with one attached hydrogen (secondary N) is 1. The summed E-state index contributed by atoms with van der Waals surface area (Å²) in [4.78, 5) is 27.0. The Morgan fingerprint density at radius 1 is 1.10 bits per heavy atom. The SMILES string of the molecule is O=C1COCC2(CCN3C(=O)CCOc4ccccc4[C@H]4CC[C@H](CC4)OCC32)N1. The molecule has 6 rings (SSSR count). The van der Waals surface area contributed by atoms with Crippen LogP contribution in [0.2, 0.25) is 0 Å². The number of carbonyl (C=O) groups excluding carboxylic acids is 2. The second kappa shape index (κ2) is 8.19. The smallest absolute Gasteiger partial charge is 0.246 e. The van der Waals surface area contributed by atoms with E-state index in [0.29, 0.717) is 45.1 Å². The van der Waals surface area contributed by atoms with Gasteiger partial charge in [0, 0.05) is 6.54 Å². The van der Waals surface area contributed by atoms with Crippen molar-refractivity contribution in [2.24, 2.45) is 0 Å². The predicted octanol–water partition coefficient (Wildman–Crippen LogP) is 2.00. The first-order valence-corrected chi connectivity index (χ1v) is 11.2. The number of morpholine rings is 1. The van der Waals surface area contributed by atoms with Gasteiger partial charge in [-0.1, -0.05) is 18.2 Å². The maximum absolute atomic E-state index is 13.1. The molecule has 5 aliphatic rings. The second-order valence-electron chi connectivity index (χ2n) is 8.99. The van der Waals surface area contributed by atoms with Crippen LogP contribution in [0.15, 0.2) is 24.3 Å². The summed E-state index contributed by atoms with van der Waals surface area (Å²) in [5.74, 6) is 1.30. The Labute approximate surface area is 177 Å². The molecule has 2 saturated heterocycles. The first-order chi connectivity index (χ1) is 14.6. The lowest BCUT2D eigenvalue weighted by atomic mass is 9.82. The van der Waals surface area contributed by atoms with Gasteiger partial charge in [0.1, 0.15) is 12.4 Å². The number of benzene rings is 1. The van der Waals surface area contributed by atoms with E-state index in [1.54, 1.807) is 0 Å². The fraction of sp³-hybridized carbons (Fsp3) is 0.652. The van der Waals surface area contributed by atoms with Crippen LogP contribution < -0.4 is 10.1 Å². The molecular weight excluding hydrogens is 384 g/mol. The molecule has 1 aromatic rings. The molecule has 2 unspecified atom stereocenters. The lowest BCUT2D eigenvalue weighted by Gasteiger charge is -2.41. The highest BCUT2D eigenvalue weighted by atomic mass is 16.5. The molecule has 1 N–H and O–H groups in total. The van der Waals surface area contributed by atoms with Gasteiger partial charge in [0.05, 0.1) is 43.9 Å². The molecule has 0 aromatic heterocycles. The van der Waals surface area contributed by atoms with Gasteiger partial charge >= 0.3 is 0 Å². The summed E-state index contributed by atoms with van der Waals surface area (Å²) in [6, 6.07) is 8.01. The Kier molecular flexibility index (Phi) is 5.41. The maximum Gasteiger partial charge on any atom is 0.246 e. The van der Waals surface area contributed by atoms with E-state index in [2.05, 4.69) is 17.4 Å². The first kappa shape index (κ1) is 19.8. The van der Waals surface area contributed by atoms with Crippen LogP contribution in [0.4, 0.5) is 0 Å². The number of nitrogens with zero attached hydrogens (tertiary/aromatic N) is 1. The van der Waals surface area contributed by atoms with E-state index in [-0.39, 0.29) is 30.6 Å². The van der Waals surface area contributed by atoms with E-state index < -0.39 is 5.54 Å². The third-order valence-corrected chi connectivity index (χ3v) is 7.21. The van der Waals surface area contributed by atoms with Crippen LogP contribution in [0.5, 0.6) is 5.75 Å². The van der Waals surface area contributed by atoms with Crippen LogP contribution in [0.1, 0.15) is 50.0 Å². The van der Waals surface area contributed by atoms with Crippen molar-refractivity contribution in [2.75, 3.05) is 33.0 Å². The summed E-state index contributed by atoms with van der Waals surface area (Å²) >= 11 is 0. The summed E-state index contributed by atoms with van der Waals surface area (Å²) in [5.41, 5.74) is 0.702. The van der Waals surface area contributed by atoms with Gasteiger partial charge in [-0.15, -0.1) is 0 Å². The molecule has 30 heavy (non-hydrogen) atoms. The number of amides is 2. The molecule has 1 aromatic carbocycles. The normalized spacial score (nSPS) is 34.7. The zero-order valence-corrected chi connectivity index (χ0v) is 17.3. The van der Waals surface area contributed by atoms with E-state index in [4.69, 9.17) is 14.2 Å². The van der Waals surface area contributed by atoms with Crippen molar-refractivity contribution in [1.82, 2.24) is 10.2 Å². The number of rotatable bonds is 0. The van der Waals surface area contributed by atoms with E-state index in [9.17, 15) is 9.59 Å². The van der Waals surface area contributed by atoms with Crippen LogP contribution in [0, 0.1) is 0 Å². The van der Waals surface area contributed by atoms with Crippen LogP contribution in [-0.2, 0) is 19.1 Å². The Balaban J connectivity index is 1.40. The number of para-hydroxylation sites is 1. The lowest BCUT2D eigenvalue weighted by Crippen LogP contribution is -2.65. The van der Waals surface area contributed by atoms with E-state index in [1.165, 1.54) is 5.56 Å². The zero-order chi connectivity index (χ0) is 20.6. The van der Waals surface area contributed by atoms with Crippen molar-refractivity contribution >= 4 is 11.8 Å². The van der Waals surface area contributed by atoms with Gasteiger partial charge < -0.3 is 24.4 Å². The number of hydrogen-bond acceptors (Lipinski definition) is 5. The number of ether oxygens (including phenoxy) is 3. The van der Waals surface area contributed by atoms with Crippen LogP contribution in [0.3, 0.4) is 0 Å². The largest absolute Gasteiger partial charge is 0.493 e. The molecule has 3 fully saturated rings. The maximum atomic E-state index is 13.1. The average molecular weight is 415 g/mol. The standard InChI is InChI=1S/C23H30N2O5/c26-21-14-28-15-23(24-21)10-11-25-20(23)13-30-17-7-5-16(6-8-17)18-3-1-2-4-19(18)29-12-9-22(25)27/h1-4,16-17,20H,5-15H2,(H,24,26)/t16-,17+,20?,23?. The zero-order valence-electron chi connectivity index (χ0n) is 17.3. The number of hydrogen-bond donors (Lipinski definition) is 1. The summed E-state index contributed by atoms with van der Waals surface area (Å²) in [6.45, 7) is 1.89. The van der Waals surface area contributed by atoms with Crippen molar-refractivity contribution in [2.45, 2.75) is 62.1 Å². The minimum Gasteiger partial charge on any atom is -0.493 e. The Morgan fingerprint density at radius 2 is 1.93 bits per heavy atom. The minimum absolute atomic E-state index is 0.0417. The highest BCUT2D eigenvalue weighted by Crippen LogP contribution is 2.39. The lowest BCUT2D eigenvalue weighted by molar-refractivity contribution is -0.143. The van der Waals surface area contributed by atoms with E-state index >= 15 is 0 Å². The van der Waals surface area contributed by atoms with Crippen LogP contribution in [0.25, 0.3) is 0 Å². The van der Waals surface area contributed by atoms with Crippen molar-refractivity contribution in [3.63, 3.8) is 0 Å². The Hall–Kier alpha value is -2.12. The van der Waals surface area contributed by atoms with Crippen LogP contribution >= 0.6 is 0 Å². The molecule has 0 radical (unpaired) electrons. The molecule has 7 nitrogen and oxygen atoms in total. The molecule has 2 amide bonds. The second-order valence-corrected chi connectivity index (χ2v) is 8.99. The molecule has 162 valence electrons. The third kappa shape index (κ3) is 3.69. The van der Waals surface area contributed by atoms with Crippen molar-refractivity contribution in [3.05, 3.63) is 29.8 Å². The fourth-order valence-corrected chi connectivity index (χ4v) is 5.59. The molecule has 7 heteroatoms. The molecule has 4 heterocycles. The molecular formula is C23H30N2O5. The summed E-state index contributed by atoms with van der Waals surface area (Å²) < 4.78 is 18.0. The first-order valence-electron chi connectivity index (χ1n) is 11.2. The molecule has 2 bridgehead atoms.